The second-order valence-corrected chi connectivity index (χ2v) is 6.30. The first-order valence-corrected chi connectivity index (χ1v) is 8.62. The first kappa shape index (κ1) is 16.3. The van der Waals surface area contributed by atoms with Crippen LogP contribution in [-0.2, 0) is 0 Å². The second-order valence-electron chi connectivity index (χ2n) is 6.30. The molecule has 0 amide bonds. The number of nitrogens with one attached hydrogen (secondary N) is 2. The lowest BCUT2D eigenvalue weighted by Gasteiger charge is -2.22. The monoisotopic (exact) mass is 321 g/mol. The van der Waals surface area contributed by atoms with Gasteiger partial charge >= 0.3 is 0 Å². The number of hydrogen-bond donors (Lipinski definition) is 2. The molecule has 0 atom stereocenters. The van der Waals surface area contributed by atoms with Crippen LogP contribution in [-0.4, -0.2) is 17.0 Å². The van der Waals surface area contributed by atoms with Crippen LogP contribution in [0, 0.1) is 11.3 Å². The molecule has 1 aliphatic heterocycles. The Balaban J connectivity index is 1.88. The standard InChI is InChI=1S/C19H23N5/c1-14-13-22-19(23-15-8-4-2-3-5-9-15)24-18(14)16(12-20)17-10-6-7-11-21-17/h6-7,10-11,13,15H,2-5,8-9H2,1H3,(H2,22,23,24)/b18-16+. The summed E-state index contributed by atoms with van der Waals surface area (Å²) in [5.74, 6) is 0.728. The molecular weight excluding hydrogens is 298 g/mol. The van der Waals surface area contributed by atoms with Crippen molar-refractivity contribution in [3.8, 4) is 6.07 Å². The van der Waals surface area contributed by atoms with Crippen LogP contribution >= 0.6 is 0 Å². The fourth-order valence-electron chi connectivity index (χ4n) is 3.15. The predicted octanol–water partition coefficient (Wildman–Crippen LogP) is 3.49. The molecule has 2 aliphatic rings. The molecule has 0 saturated heterocycles. The van der Waals surface area contributed by atoms with E-state index in [9.17, 15) is 5.26 Å². The van der Waals surface area contributed by atoms with Crippen molar-refractivity contribution in [2.45, 2.75) is 51.5 Å². The number of hydrogen-bond acceptors (Lipinski definition) is 3. The second kappa shape index (κ2) is 7.78. The zero-order chi connectivity index (χ0) is 16.8. The zero-order valence-corrected chi connectivity index (χ0v) is 14.0. The van der Waals surface area contributed by atoms with Gasteiger partial charge in [-0.3, -0.25) is 4.98 Å². The lowest BCUT2D eigenvalue weighted by molar-refractivity contribution is 0.581. The quantitative estimate of drug-likeness (QED) is 0.646. The third-order valence-corrected chi connectivity index (χ3v) is 4.48. The third kappa shape index (κ3) is 3.83. The highest BCUT2D eigenvalue weighted by Gasteiger charge is 2.19. The number of rotatable bonds is 2. The van der Waals surface area contributed by atoms with Crippen LogP contribution in [0.2, 0.25) is 0 Å². The normalized spacial score (nSPS) is 22.7. The molecule has 0 spiro atoms. The summed E-state index contributed by atoms with van der Waals surface area (Å²) in [6.45, 7) is 1.97. The number of allylic oxidation sites excluding steroid dienone is 2. The summed E-state index contributed by atoms with van der Waals surface area (Å²) < 4.78 is 0. The smallest absolute Gasteiger partial charge is 0.200 e. The van der Waals surface area contributed by atoms with Crippen LogP contribution in [0.1, 0.15) is 51.1 Å². The van der Waals surface area contributed by atoms with E-state index in [1.165, 1.54) is 25.7 Å². The van der Waals surface area contributed by atoms with Crippen molar-refractivity contribution >= 4 is 11.5 Å². The maximum absolute atomic E-state index is 9.62. The van der Waals surface area contributed by atoms with E-state index in [-0.39, 0.29) is 0 Å². The Morgan fingerprint density at radius 2 is 2.04 bits per heavy atom. The summed E-state index contributed by atoms with van der Waals surface area (Å²) in [6, 6.07) is 8.23. The summed E-state index contributed by atoms with van der Waals surface area (Å²) in [7, 11) is 0. The van der Waals surface area contributed by atoms with Crippen LogP contribution < -0.4 is 10.6 Å². The van der Waals surface area contributed by atoms with Gasteiger partial charge in [0.15, 0.2) is 5.96 Å². The molecule has 1 aromatic rings. The van der Waals surface area contributed by atoms with Gasteiger partial charge in [-0.1, -0.05) is 31.7 Å². The average Bonchev–Trinajstić information content (AvgIpc) is 2.88. The molecule has 1 aliphatic carbocycles. The van der Waals surface area contributed by atoms with Gasteiger partial charge in [0.2, 0.25) is 0 Å². The van der Waals surface area contributed by atoms with E-state index >= 15 is 0 Å². The molecule has 0 aromatic carbocycles. The third-order valence-electron chi connectivity index (χ3n) is 4.48. The van der Waals surface area contributed by atoms with Crippen LogP contribution in [0.5, 0.6) is 0 Å². The maximum atomic E-state index is 9.62. The van der Waals surface area contributed by atoms with Gasteiger partial charge in [-0.2, -0.15) is 5.26 Å². The molecule has 5 heteroatoms. The molecule has 0 bridgehead atoms. The van der Waals surface area contributed by atoms with Crippen molar-refractivity contribution in [1.29, 1.82) is 5.26 Å². The summed E-state index contributed by atoms with van der Waals surface area (Å²) in [6.07, 6.45) is 11.0. The summed E-state index contributed by atoms with van der Waals surface area (Å²) in [5, 5.41) is 16.1. The Bertz CT molecular complexity index is 701. The first-order chi connectivity index (χ1) is 11.8. The molecule has 24 heavy (non-hydrogen) atoms. The molecule has 1 aromatic heterocycles. The Labute approximate surface area is 143 Å². The Morgan fingerprint density at radius 1 is 1.25 bits per heavy atom. The minimum atomic E-state index is 0.357. The van der Waals surface area contributed by atoms with Crippen molar-refractivity contribution in [3.63, 3.8) is 0 Å². The lowest BCUT2D eigenvalue weighted by Crippen LogP contribution is -2.39. The fraction of sp³-hybridized carbons (Fsp3) is 0.421. The highest BCUT2D eigenvalue weighted by Crippen LogP contribution is 2.23. The largest absolute Gasteiger partial charge is 0.332 e. The van der Waals surface area contributed by atoms with Crippen LogP contribution in [0.3, 0.4) is 0 Å². The van der Waals surface area contributed by atoms with Gasteiger partial charge in [-0.15, -0.1) is 0 Å². The molecule has 1 saturated carbocycles. The summed E-state index contributed by atoms with van der Waals surface area (Å²) in [5.41, 5.74) is 2.96. The van der Waals surface area contributed by atoms with Crippen LogP contribution in [0.25, 0.3) is 5.57 Å². The van der Waals surface area contributed by atoms with Gasteiger partial charge in [-0.25, -0.2) is 4.99 Å². The average molecular weight is 321 g/mol. The van der Waals surface area contributed by atoms with Crippen molar-refractivity contribution < 1.29 is 0 Å². The topological polar surface area (TPSA) is 73.1 Å². The van der Waals surface area contributed by atoms with Gasteiger partial charge in [0.1, 0.15) is 11.6 Å². The molecule has 1 fully saturated rings. The molecule has 2 heterocycles. The van der Waals surface area contributed by atoms with Crippen molar-refractivity contribution in [2.75, 3.05) is 0 Å². The van der Waals surface area contributed by atoms with Gasteiger partial charge < -0.3 is 10.6 Å². The van der Waals surface area contributed by atoms with Gasteiger partial charge in [-0.05, 0) is 37.5 Å². The van der Waals surface area contributed by atoms with E-state index < -0.39 is 0 Å². The predicted molar refractivity (Wildman–Crippen MR) is 95.7 cm³/mol. The fourth-order valence-corrected chi connectivity index (χ4v) is 3.15. The molecule has 5 nitrogen and oxygen atoms in total. The van der Waals surface area contributed by atoms with Crippen molar-refractivity contribution in [1.82, 2.24) is 15.6 Å². The highest BCUT2D eigenvalue weighted by atomic mass is 15.2. The molecular formula is C19H23N5. The van der Waals surface area contributed by atoms with E-state index in [0.29, 0.717) is 17.3 Å². The van der Waals surface area contributed by atoms with Gasteiger partial charge in [0, 0.05) is 12.4 Å². The minimum Gasteiger partial charge on any atom is -0.332 e. The highest BCUT2D eigenvalue weighted by molar-refractivity contribution is 5.90. The summed E-state index contributed by atoms with van der Waals surface area (Å²) in [4.78, 5) is 9.14. The van der Waals surface area contributed by atoms with Crippen LogP contribution in [0.4, 0.5) is 0 Å². The molecule has 2 N–H and O–H groups in total. The molecule has 0 unspecified atom stereocenters. The molecule has 124 valence electrons. The van der Waals surface area contributed by atoms with Gasteiger partial charge in [0.05, 0.1) is 17.4 Å². The van der Waals surface area contributed by atoms with E-state index in [0.717, 1.165) is 30.1 Å². The van der Waals surface area contributed by atoms with E-state index in [1.807, 2.05) is 31.3 Å². The molecule has 0 radical (unpaired) electrons. The number of aliphatic imine (C=N–C) groups is 1. The van der Waals surface area contributed by atoms with Gasteiger partial charge in [0.25, 0.3) is 0 Å². The number of nitriles is 1. The zero-order valence-electron chi connectivity index (χ0n) is 14.0. The Morgan fingerprint density at radius 3 is 2.71 bits per heavy atom. The number of pyridine rings is 1. The first-order valence-electron chi connectivity index (χ1n) is 8.62. The SMILES string of the molecule is CC1=CNC(=NC2CCCCCC2)N/C1=C(\C#N)c1ccccn1. The van der Waals surface area contributed by atoms with E-state index in [2.05, 4.69) is 21.7 Å². The summed E-state index contributed by atoms with van der Waals surface area (Å²) >= 11 is 0. The number of aromatic nitrogens is 1. The molecule has 3 rings (SSSR count). The Kier molecular flexibility index (Phi) is 5.27. The maximum Gasteiger partial charge on any atom is 0.200 e. The lowest BCUT2D eigenvalue weighted by atomic mass is 10.0. The van der Waals surface area contributed by atoms with Crippen molar-refractivity contribution in [3.05, 3.63) is 47.6 Å². The Hall–Kier alpha value is -2.61. The minimum absolute atomic E-state index is 0.357. The van der Waals surface area contributed by atoms with Crippen molar-refractivity contribution in [2.24, 2.45) is 4.99 Å². The van der Waals surface area contributed by atoms with E-state index in [1.54, 1.807) is 6.20 Å². The van der Waals surface area contributed by atoms with E-state index in [4.69, 9.17) is 4.99 Å². The number of nitrogens with zero attached hydrogens (tertiary/aromatic N) is 3. The van der Waals surface area contributed by atoms with Crippen LogP contribution in [0.15, 0.2) is 46.9 Å². The number of guanidine groups is 1.